The number of thioether (sulfide) groups is 1. The van der Waals surface area contributed by atoms with Crippen molar-refractivity contribution >= 4 is 21.8 Å². The van der Waals surface area contributed by atoms with E-state index in [1.54, 1.807) is 30.0 Å². The molecule has 0 aliphatic rings. The highest BCUT2D eigenvalue weighted by molar-refractivity contribution is 7.98. The molecule has 2 aromatic carbocycles. The highest BCUT2D eigenvalue weighted by Crippen LogP contribution is 2.19. The molecule has 4 nitrogen and oxygen atoms in total. The molecular weight excluding hydrogens is 330 g/mol. The number of sulfonamides is 1. The predicted octanol–water partition coefficient (Wildman–Crippen LogP) is 3.25. The zero-order chi connectivity index (χ0) is 16.7. The lowest BCUT2D eigenvalue weighted by atomic mass is 10.2. The van der Waals surface area contributed by atoms with Gasteiger partial charge in [-0.05, 0) is 29.8 Å². The molecule has 0 aliphatic heterocycles. The Bertz CT molecular complexity index is 716. The van der Waals surface area contributed by atoms with Crippen molar-refractivity contribution in [2.75, 3.05) is 26.5 Å². The maximum atomic E-state index is 12.1. The van der Waals surface area contributed by atoms with E-state index >= 15 is 0 Å². The average molecular weight is 351 g/mol. The molecule has 2 aromatic rings. The lowest BCUT2D eigenvalue weighted by molar-refractivity contribution is 0.344. The summed E-state index contributed by atoms with van der Waals surface area (Å²) >= 11 is 1.72. The molecule has 0 aromatic heterocycles. The summed E-state index contributed by atoms with van der Waals surface area (Å²) in [6.45, 7) is 0.629. The zero-order valence-electron chi connectivity index (χ0n) is 13.3. The number of ether oxygens (including phenoxy) is 1. The van der Waals surface area contributed by atoms with Crippen LogP contribution < -0.4 is 4.74 Å². The first kappa shape index (κ1) is 17.8. The molecule has 0 fully saturated rings. The van der Waals surface area contributed by atoms with Gasteiger partial charge in [-0.3, -0.25) is 0 Å². The lowest BCUT2D eigenvalue weighted by Crippen LogP contribution is -2.22. The predicted molar refractivity (Wildman–Crippen MR) is 95.4 cm³/mol. The molecule has 124 valence electrons. The normalized spacial score (nSPS) is 11.6. The van der Waals surface area contributed by atoms with Gasteiger partial charge < -0.3 is 4.74 Å². The molecule has 0 saturated carbocycles. The van der Waals surface area contributed by atoms with Crippen molar-refractivity contribution in [1.82, 2.24) is 4.31 Å². The van der Waals surface area contributed by atoms with E-state index in [-0.39, 0.29) is 0 Å². The SMILES string of the molecule is CN(C)S(=O)(=O)c1cccc(CSCCOc2ccccc2)c1. The second kappa shape index (κ2) is 8.38. The Morgan fingerprint density at radius 3 is 2.48 bits per heavy atom. The minimum absolute atomic E-state index is 0.334. The molecule has 6 heteroatoms. The largest absolute Gasteiger partial charge is 0.493 e. The smallest absolute Gasteiger partial charge is 0.242 e. The van der Waals surface area contributed by atoms with Crippen LogP contribution in [0.15, 0.2) is 59.5 Å². The Balaban J connectivity index is 1.82. The van der Waals surface area contributed by atoms with Crippen molar-refractivity contribution in [3.8, 4) is 5.75 Å². The maximum absolute atomic E-state index is 12.1. The van der Waals surface area contributed by atoms with Gasteiger partial charge in [-0.15, -0.1) is 0 Å². The summed E-state index contributed by atoms with van der Waals surface area (Å²) in [6.07, 6.45) is 0. The molecule has 0 bridgehead atoms. The Hall–Kier alpha value is -1.50. The Labute approximate surface area is 142 Å². The van der Waals surface area contributed by atoms with E-state index < -0.39 is 10.0 Å². The van der Waals surface area contributed by atoms with Crippen LogP contribution in [0.3, 0.4) is 0 Å². The van der Waals surface area contributed by atoms with Crippen molar-refractivity contribution in [2.45, 2.75) is 10.6 Å². The van der Waals surface area contributed by atoms with Crippen molar-refractivity contribution in [2.24, 2.45) is 0 Å². The van der Waals surface area contributed by atoms with Crippen molar-refractivity contribution < 1.29 is 13.2 Å². The van der Waals surface area contributed by atoms with Crippen LogP contribution in [0.1, 0.15) is 5.56 Å². The third-order valence-corrected chi connectivity index (χ3v) is 5.99. The first-order valence-corrected chi connectivity index (χ1v) is 9.86. The summed E-state index contributed by atoms with van der Waals surface area (Å²) in [5, 5.41) is 0. The van der Waals surface area contributed by atoms with Crippen LogP contribution in [0.25, 0.3) is 0 Å². The van der Waals surface area contributed by atoms with Gasteiger partial charge in [0.2, 0.25) is 10.0 Å². The van der Waals surface area contributed by atoms with E-state index in [0.717, 1.165) is 22.8 Å². The number of nitrogens with zero attached hydrogens (tertiary/aromatic N) is 1. The summed E-state index contributed by atoms with van der Waals surface area (Å²) in [5.41, 5.74) is 0.998. The van der Waals surface area contributed by atoms with Crippen molar-refractivity contribution in [1.29, 1.82) is 0 Å². The molecule has 0 heterocycles. The van der Waals surface area contributed by atoms with Crippen LogP contribution in [0.4, 0.5) is 0 Å². The number of para-hydroxylation sites is 1. The van der Waals surface area contributed by atoms with Gasteiger partial charge >= 0.3 is 0 Å². The van der Waals surface area contributed by atoms with Crippen molar-refractivity contribution in [3.05, 3.63) is 60.2 Å². The fourth-order valence-corrected chi connectivity index (χ4v) is 3.66. The molecular formula is C17H21NO3S2. The van der Waals surface area contributed by atoms with Crippen LogP contribution in [0, 0.1) is 0 Å². The van der Waals surface area contributed by atoms with Crippen molar-refractivity contribution in [3.63, 3.8) is 0 Å². The van der Waals surface area contributed by atoms with E-state index in [9.17, 15) is 8.42 Å². The van der Waals surface area contributed by atoms with Gasteiger partial charge in [0.05, 0.1) is 11.5 Å². The van der Waals surface area contributed by atoms with Gasteiger partial charge in [-0.25, -0.2) is 12.7 Å². The van der Waals surface area contributed by atoms with Crippen LogP contribution in [-0.2, 0) is 15.8 Å². The zero-order valence-corrected chi connectivity index (χ0v) is 14.9. The van der Waals surface area contributed by atoms with Gasteiger partial charge in [0.25, 0.3) is 0 Å². The summed E-state index contributed by atoms with van der Waals surface area (Å²) in [5.74, 6) is 2.47. The summed E-state index contributed by atoms with van der Waals surface area (Å²) < 4.78 is 31.1. The summed E-state index contributed by atoms with van der Waals surface area (Å²) in [7, 11) is -0.293. The quantitative estimate of drug-likeness (QED) is 0.685. The van der Waals surface area contributed by atoms with E-state index in [1.165, 1.54) is 18.4 Å². The fraction of sp³-hybridized carbons (Fsp3) is 0.294. The molecule has 0 unspecified atom stereocenters. The van der Waals surface area contributed by atoms with Crippen LogP contribution in [-0.4, -0.2) is 39.2 Å². The molecule has 0 spiro atoms. The second-order valence-corrected chi connectivity index (χ2v) is 8.41. The third-order valence-electron chi connectivity index (χ3n) is 3.19. The van der Waals surface area contributed by atoms with E-state index in [2.05, 4.69) is 0 Å². The standard InChI is InChI=1S/C17H21NO3S2/c1-18(2)23(19,20)17-10-6-7-15(13-17)14-22-12-11-21-16-8-4-3-5-9-16/h3-10,13H,11-12,14H2,1-2H3. The minimum atomic E-state index is -3.37. The molecule has 2 rings (SSSR count). The fourth-order valence-electron chi connectivity index (χ4n) is 1.93. The molecule has 0 N–H and O–H groups in total. The molecule has 0 amide bonds. The first-order chi connectivity index (χ1) is 11.0. The van der Waals surface area contributed by atoms with E-state index in [4.69, 9.17) is 4.74 Å². The summed E-state index contributed by atoms with van der Waals surface area (Å²) in [6, 6.07) is 16.8. The van der Waals surface area contributed by atoms with Crippen LogP contribution in [0.5, 0.6) is 5.75 Å². The van der Waals surface area contributed by atoms with Gasteiger partial charge in [-0.1, -0.05) is 30.3 Å². The van der Waals surface area contributed by atoms with E-state index in [0.29, 0.717) is 11.5 Å². The topological polar surface area (TPSA) is 46.6 Å². The Morgan fingerprint density at radius 1 is 1.04 bits per heavy atom. The number of hydrogen-bond donors (Lipinski definition) is 0. The van der Waals surface area contributed by atoms with E-state index in [1.807, 2.05) is 36.4 Å². The molecule has 23 heavy (non-hydrogen) atoms. The van der Waals surface area contributed by atoms with Gasteiger partial charge in [-0.2, -0.15) is 11.8 Å². The minimum Gasteiger partial charge on any atom is -0.493 e. The Morgan fingerprint density at radius 2 is 1.78 bits per heavy atom. The monoisotopic (exact) mass is 351 g/mol. The second-order valence-electron chi connectivity index (χ2n) is 5.15. The van der Waals surface area contributed by atoms with Gasteiger partial charge in [0, 0.05) is 25.6 Å². The van der Waals surface area contributed by atoms with Crippen LogP contribution >= 0.6 is 11.8 Å². The maximum Gasteiger partial charge on any atom is 0.242 e. The number of rotatable bonds is 8. The molecule has 0 aliphatic carbocycles. The number of hydrogen-bond acceptors (Lipinski definition) is 4. The Kier molecular flexibility index (Phi) is 6.50. The highest BCUT2D eigenvalue weighted by Gasteiger charge is 2.16. The first-order valence-electron chi connectivity index (χ1n) is 7.27. The highest BCUT2D eigenvalue weighted by atomic mass is 32.2. The number of benzene rings is 2. The molecule has 0 saturated heterocycles. The van der Waals surface area contributed by atoms with Crippen LogP contribution in [0.2, 0.25) is 0 Å². The van der Waals surface area contributed by atoms with Gasteiger partial charge in [0.1, 0.15) is 5.75 Å². The average Bonchev–Trinajstić information content (AvgIpc) is 2.55. The molecule has 0 atom stereocenters. The third kappa shape index (κ3) is 5.27. The lowest BCUT2D eigenvalue weighted by Gasteiger charge is -2.12. The molecule has 0 radical (unpaired) electrons. The summed E-state index contributed by atoms with van der Waals surface area (Å²) in [4.78, 5) is 0.334. The van der Waals surface area contributed by atoms with Gasteiger partial charge in [0.15, 0.2) is 0 Å².